The van der Waals surface area contributed by atoms with E-state index in [9.17, 15) is 5.11 Å². The van der Waals surface area contributed by atoms with E-state index in [1.807, 2.05) is 54.7 Å². The molecule has 0 fully saturated rings. The minimum Gasteiger partial charge on any atom is -0.384 e. The van der Waals surface area contributed by atoms with Crippen LogP contribution in [0.25, 0.3) is 28.3 Å². The van der Waals surface area contributed by atoms with Gasteiger partial charge >= 0.3 is 0 Å². The van der Waals surface area contributed by atoms with Gasteiger partial charge in [0.2, 0.25) is 0 Å². The number of aromatic nitrogens is 6. The van der Waals surface area contributed by atoms with Crippen molar-refractivity contribution in [1.29, 1.82) is 0 Å². The molecule has 3 heterocycles. The molecule has 0 bridgehead atoms. The van der Waals surface area contributed by atoms with E-state index in [0.717, 1.165) is 32.3 Å². The Hall–Kier alpha value is -3.59. The summed E-state index contributed by atoms with van der Waals surface area (Å²) >= 11 is 7.66. The molecule has 0 radical (unpaired) electrons. The standard InChI is InChI=1S/C26H21ClN6OS/c1-26(2,34)23-14-30-21(13-31-23)17-3-5-18(6-4-17)25-22(35-20-9-7-19(27)8-10-20)16-33(32-25)24-15-28-11-12-29-24/h3-16,34H,1-2H3. The molecule has 0 atom stereocenters. The van der Waals surface area contributed by atoms with Gasteiger partial charge in [0.25, 0.3) is 0 Å². The van der Waals surface area contributed by atoms with Gasteiger partial charge in [-0.25, -0.2) is 9.67 Å². The topological polar surface area (TPSA) is 89.6 Å². The summed E-state index contributed by atoms with van der Waals surface area (Å²) in [6, 6.07) is 15.7. The van der Waals surface area contributed by atoms with Gasteiger partial charge in [-0.1, -0.05) is 47.6 Å². The van der Waals surface area contributed by atoms with Crippen LogP contribution >= 0.6 is 23.4 Å². The Kier molecular flexibility index (Phi) is 6.34. The van der Waals surface area contributed by atoms with E-state index in [2.05, 4.69) is 19.9 Å². The number of halogens is 1. The molecule has 0 spiro atoms. The van der Waals surface area contributed by atoms with Crippen molar-refractivity contribution in [3.63, 3.8) is 0 Å². The first-order valence-electron chi connectivity index (χ1n) is 10.8. The molecule has 2 aromatic carbocycles. The van der Waals surface area contributed by atoms with E-state index >= 15 is 0 Å². The summed E-state index contributed by atoms with van der Waals surface area (Å²) in [6.45, 7) is 3.37. The average Bonchev–Trinajstić information content (AvgIpc) is 3.29. The van der Waals surface area contributed by atoms with E-state index < -0.39 is 5.60 Å². The summed E-state index contributed by atoms with van der Waals surface area (Å²) in [5.74, 6) is 0.635. The maximum Gasteiger partial charge on any atom is 0.171 e. The molecule has 174 valence electrons. The zero-order valence-corrected chi connectivity index (χ0v) is 20.6. The Labute approximate surface area is 211 Å². The van der Waals surface area contributed by atoms with Crippen LogP contribution in [0.3, 0.4) is 0 Å². The van der Waals surface area contributed by atoms with Crippen LogP contribution in [-0.4, -0.2) is 34.8 Å². The summed E-state index contributed by atoms with van der Waals surface area (Å²) in [5.41, 5.74) is 2.92. The first kappa shape index (κ1) is 23.2. The van der Waals surface area contributed by atoms with Gasteiger partial charge in [-0.2, -0.15) is 5.10 Å². The van der Waals surface area contributed by atoms with Crippen molar-refractivity contribution in [3.8, 4) is 28.3 Å². The van der Waals surface area contributed by atoms with Gasteiger partial charge < -0.3 is 5.11 Å². The molecule has 0 unspecified atom stereocenters. The van der Waals surface area contributed by atoms with Crippen LogP contribution < -0.4 is 0 Å². The minimum absolute atomic E-state index is 0.524. The van der Waals surface area contributed by atoms with Gasteiger partial charge in [-0.3, -0.25) is 15.0 Å². The molecule has 0 aliphatic rings. The highest BCUT2D eigenvalue weighted by molar-refractivity contribution is 7.99. The van der Waals surface area contributed by atoms with Gasteiger partial charge in [0.1, 0.15) is 11.3 Å². The maximum atomic E-state index is 10.1. The first-order valence-corrected chi connectivity index (χ1v) is 12.0. The van der Waals surface area contributed by atoms with Crippen molar-refractivity contribution < 1.29 is 5.11 Å². The third kappa shape index (κ3) is 5.24. The second-order valence-electron chi connectivity index (χ2n) is 8.33. The molecule has 1 N–H and O–H groups in total. The van der Waals surface area contributed by atoms with Crippen molar-refractivity contribution in [1.82, 2.24) is 29.7 Å². The maximum absolute atomic E-state index is 10.1. The van der Waals surface area contributed by atoms with Gasteiger partial charge in [0.15, 0.2) is 5.82 Å². The van der Waals surface area contributed by atoms with Crippen molar-refractivity contribution in [3.05, 3.63) is 96.4 Å². The summed E-state index contributed by atoms with van der Waals surface area (Å²) in [4.78, 5) is 19.4. The fraction of sp³-hybridized carbons (Fsp3) is 0.115. The van der Waals surface area contributed by atoms with Crippen LogP contribution in [0.15, 0.2) is 95.5 Å². The predicted molar refractivity (Wildman–Crippen MR) is 136 cm³/mol. The fourth-order valence-electron chi connectivity index (χ4n) is 3.38. The lowest BCUT2D eigenvalue weighted by molar-refractivity contribution is 0.0734. The lowest BCUT2D eigenvalue weighted by Crippen LogP contribution is -2.17. The predicted octanol–water partition coefficient (Wildman–Crippen LogP) is 5.82. The monoisotopic (exact) mass is 500 g/mol. The van der Waals surface area contributed by atoms with E-state index in [-0.39, 0.29) is 0 Å². The molecule has 0 saturated heterocycles. The third-order valence-corrected chi connectivity index (χ3v) is 6.52. The van der Waals surface area contributed by atoms with E-state index in [1.165, 1.54) is 0 Å². The largest absolute Gasteiger partial charge is 0.384 e. The van der Waals surface area contributed by atoms with Crippen LogP contribution in [0.5, 0.6) is 0 Å². The highest BCUT2D eigenvalue weighted by atomic mass is 35.5. The Balaban J connectivity index is 1.49. The molecule has 3 aromatic heterocycles. The van der Waals surface area contributed by atoms with Crippen LogP contribution in [0.1, 0.15) is 19.5 Å². The molecule has 0 aliphatic heterocycles. The van der Waals surface area contributed by atoms with Crippen LogP contribution in [0.4, 0.5) is 0 Å². The smallest absolute Gasteiger partial charge is 0.171 e. The van der Waals surface area contributed by atoms with Gasteiger partial charge in [0, 0.05) is 39.6 Å². The van der Waals surface area contributed by atoms with Crippen molar-refractivity contribution >= 4 is 23.4 Å². The van der Waals surface area contributed by atoms with Crippen molar-refractivity contribution in [2.24, 2.45) is 0 Å². The highest BCUT2D eigenvalue weighted by Gasteiger charge is 2.18. The van der Waals surface area contributed by atoms with Gasteiger partial charge in [-0.15, -0.1) is 0 Å². The Bertz CT molecular complexity index is 1430. The molecule has 0 aliphatic carbocycles. The quantitative estimate of drug-likeness (QED) is 0.314. The number of aliphatic hydroxyl groups is 1. The van der Waals surface area contributed by atoms with E-state index in [1.54, 1.807) is 61.3 Å². The summed E-state index contributed by atoms with van der Waals surface area (Å²) < 4.78 is 1.73. The summed E-state index contributed by atoms with van der Waals surface area (Å²) in [6.07, 6.45) is 10.2. The van der Waals surface area contributed by atoms with E-state index in [0.29, 0.717) is 16.5 Å². The number of hydrogen-bond acceptors (Lipinski definition) is 7. The number of benzene rings is 2. The second-order valence-corrected chi connectivity index (χ2v) is 9.88. The molecule has 0 saturated carbocycles. The SMILES string of the molecule is CC(C)(O)c1cnc(-c2ccc(-c3nn(-c4cnccn4)cc3Sc3ccc(Cl)cc3)cc2)cn1. The van der Waals surface area contributed by atoms with Crippen LogP contribution in [0.2, 0.25) is 5.02 Å². The van der Waals surface area contributed by atoms with Crippen LogP contribution in [-0.2, 0) is 5.60 Å². The Morgan fingerprint density at radius 3 is 2.23 bits per heavy atom. The molecule has 5 aromatic rings. The molecule has 7 nitrogen and oxygen atoms in total. The van der Waals surface area contributed by atoms with Gasteiger partial charge in [0.05, 0.1) is 34.9 Å². The molecule has 9 heteroatoms. The van der Waals surface area contributed by atoms with Crippen LogP contribution in [0, 0.1) is 0 Å². The number of rotatable bonds is 6. The molecule has 5 rings (SSSR count). The number of nitrogens with zero attached hydrogens (tertiary/aromatic N) is 6. The Morgan fingerprint density at radius 1 is 0.857 bits per heavy atom. The van der Waals surface area contributed by atoms with Gasteiger partial charge in [-0.05, 0) is 38.1 Å². The zero-order valence-electron chi connectivity index (χ0n) is 19.0. The average molecular weight is 501 g/mol. The zero-order chi connectivity index (χ0) is 24.4. The lowest BCUT2D eigenvalue weighted by atomic mass is 10.1. The second kappa shape index (κ2) is 9.58. The number of hydrogen-bond donors (Lipinski definition) is 1. The molecular weight excluding hydrogens is 480 g/mol. The molecule has 35 heavy (non-hydrogen) atoms. The normalized spacial score (nSPS) is 11.5. The third-order valence-electron chi connectivity index (χ3n) is 5.24. The summed E-state index contributed by atoms with van der Waals surface area (Å²) in [5, 5.41) is 15.6. The summed E-state index contributed by atoms with van der Waals surface area (Å²) in [7, 11) is 0. The lowest BCUT2D eigenvalue weighted by Gasteiger charge is -2.15. The molecule has 0 amide bonds. The Morgan fingerprint density at radius 2 is 1.60 bits per heavy atom. The van der Waals surface area contributed by atoms with Crippen molar-refractivity contribution in [2.75, 3.05) is 0 Å². The fourth-order valence-corrected chi connectivity index (χ4v) is 4.44. The highest BCUT2D eigenvalue weighted by Crippen LogP contribution is 2.37. The van der Waals surface area contributed by atoms with Crippen molar-refractivity contribution in [2.45, 2.75) is 29.2 Å². The first-order chi connectivity index (χ1) is 16.9. The molecular formula is C26H21ClN6OS. The van der Waals surface area contributed by atoms with E-state index in [4.69, 9.17) is 16.7 Å². The minimum atomic E-state index is -1.03.